The van der Waals surface area contributed by atoms with E-state index in [1.54, 1.807) is 13.1 Å². The number of hydrogen-bond acceptors (Lipinski definition) is 8. The van der Waals surface area contributed by atoms with E-state index in [0.29, 0.717) is 56.6 Å². The molecule has 1 aromatic carbocycles. The quantitative estimate of drug-likeness (QED) is 0.419. The van der Waals surface area contributed by atoms with Crippen LogP contribution in [0.5, 0.6) is 11.5 Å². The number of aliphatic hydroxyl groups excluding tert-OH is 2. The SMILES string of the molecule is CNc1cc2c(c(C(=O)NC[C@@H]3CCN(CCOCCO)CC3O)c1)OCCO2. The van der Waals surface area contributed by atoms with Crippen molar-refractivity contribution in [3.63, 3.8) is 0 Å². The number of nitrogens with zero attached hydrogens (tertiary/aromatic N) is 1. The van der Waals surface area contributed by atoms with Gasteiger partial charge in [0.1, 0.15) is 13.2 Å². The van der Waals surface area contributed by atoms with Gasteiger partial charge in [-0.05, 0) is 19.0 Å². The van der Waals surface area contributed by atoms with Gasteiger partial charge in [0.25, 0.3) is 5.91 Å². The number of aliphatic hydroxyl groups is 2. The molecule has 2 aliphatic heterocycles. The maximum absolute atomic E-state index is 12.8. The van der Waals surface area contributed by atoms with Crippen LogP contribution in [0.4, 0.5) is 5.69 Å². The molecule has 1 aromatic rings. The third-order valence-electron chi connectivity index (χ3n) is 5.29. The van der Waals surface area contributed by atoms with Crippen molar-refractivity contribution in [3.05, 3.63) is 17.7 Å². The maximum Gasteiger partial charge on any atom is 0.255 e. The van der Waals surface area contributed by atoms with Gasteiger partial charge in [-0.1, -0.05) is 0 Å². The number of rotatable bonds is 9. The first-order valence-electron chi connectivity index (χ1n) is 10.1. The van der Waals surface area contributed by atoms with Crippen molar-refractivity contribution in [2.75, 3.05) is 71.6 Å². The van der Waals surface area contributed by atoms with Crippen molar-refractivity contribution in [1.29, 1.82) is 0 Å². The minimum atomic E-state index is -0.515. The monoisotopic (exact) mass is 409 g/mol. The van der Waals surface area contributed by atoms with Crippen LogP contribution in [0.3, 0.4) is 0 Å². The van der Waals surface area contributed by atoms with E-state index in [9.17, 15) is 9.90 Å². The molecule has 1 amide bonds. The molecule has 162 valence electrons. The van der Waals surface area contributed by atoms with E-state index in [1.807, 2.05) is 6.07 Å². The Morgan fingerprint density at radius 1 is 1.31 bits per heavy atom. The van der Waals surface area contributed by atoms with Crippen LogP contribution in [0.15, 0.2) is 12.1 Å². The van der Waals surface area contributed by atoms with Gasteiger partial charge in [-0.3, -0.25) is 9.69 Å². The highest BCUT2D eigenvalue weighted by Gasteiger charge is 2.29. The fourth-order valence-corrected chi connectivity index (χ4v) is 3.63. The van der Waals surface area contributed by atoms with Crippen molar-refractivity contribution in [1.82, 2.24) is 10.2 Å². The molecule has 4 N–H and O–H groups in total. The molecule has 1 saturated heterocycles. The van der Waals surface area contributed by atoms with Gasteiger partial charge in [0, 0.05) is 44.4 Å². The van der Waals surface area contributed by atoms with Gasteiger partial charge in [-0.25, -0.2) is 0 Å². The van der Waals surface area contributed by atoms with E-state index in [0.717, 1.165) is 25.2 Å². The van der Waals surface area contributed by atoms with E-state index in [-0.39, 0.29) is 18.4 Å². The molecule has 9 heteroatoms. The Labute approximate surface area is 170 Å². The van der Waals surface area contributed by atoms with Gasteiger partial charge in [-0.2, -0.15) is 0 Å². The summed E-state index contributed by atoms with van der Waals surface area (Å²) in [5.41, 5.74) is 1.20. The summed E-state index contributed by atoms with van der Waals surface area (Å²) < 4.78 is 16.6. The number of hydrogen-bond donors (Lipinski definition) is 4. The Morgan fingerprint density at radius 3 is 2.90 bits per heavy atom. The summed E-state index contributed by atoms with van der Waals surface area (Å²) in [6.45, 7) is 4.24. The summed E-state index contributed by atoms with van der Waals surface area (Å²) in [6.07, 6.45) is 0.273. The highest BCUT2D eigenvalue weighted by Crippen LogP contribution is 2.37. The van der Waals surface area contributed by atoms with Gasteiger partial charge < -0.3 is 35.1 Å². The molecule has 1 fully saturated rings. The standard InChI is InChI=1S/C20H31N3O6/c1-21-15-10-16(19-18(11-15)28-8-9-29-19)20(26)22-12-14-2-3-23(13-17(14)25)4-6-27-7-5-24/h10-11,14,17,21,24-25H,2-9,12-13H2,1H3,(H,22,26)/t14-,17?/m0/s1. The lowest BCUT2D eigenvalue weighted by atomic mass is 9.93. The Balaban J connectivity index is 1.52. The zero-order chi connectivity index (χ0) is 20.6. The number of amides is 1. The van der Waals surface area contributed by atoms with Crippen LogP contribution in [0.25, 0.3) is 0 Å². The first kappa shape index (κ1) is 21.6. The van der Waals surface area contributed by atoms with Crippen molar-refractivity contribution >= 4 is 11.6 Å². The molecule has 0 spiro atoms. The van der Waals surface area contributed by atoms with Crippen LogP contribution in [0, 0.1) is 5.92 Å². The van der Waals surface area contributed by atoms with Crippen LogP contribution >= 0.6 is 0 Å². The molecule has 2 aliphatic rings. The average molecular weight is 409 g/mol. The van der Waals surface area contributed by atoms with Gasteiger partial charge >= 0.3 is 0 Å². The molecule has 3 rings (SSSR count). The molecule has 0 saturated carbocycles. The largest absolute Gasteiger partial charge is 0.486 e. The van der Waals surface area contributed by atoms with Crippen molar-refractivity contribution in [2.24, 2.45) is 5.92 Å². The number of anilines is 1. The van der Waals surface area contributed by atoms with Gasteiger partial charge in [-0.15, -0.1) is 0 Å². The normalized spacial score (nSPS) is 21.6. The fourth-order valence-electron chi connectivity index (χ4n) is 3.63. The third-order valence-corrected chi connectivity index (χ3v) is 5.29. The van der Waals surface area contributed by atoms with Crippen LogP contribution < -0.4 is 20.1 Å². The second-order valence-electron chi connectivity index (χ2n) is 7.26. The van der Waals surface area contributed by atoms with Crippen molar-refractivity contribution < 1.29 is 29.2 Å². The number of likely N-dealkylation sites (tertiary alicyclic amines) is 1. The number of benzene rings is 1. The lowest BCUT2D eigenvalue weighted by molar-refractivity contribution is 0.00567. The Morgan fingerprint density at radius 2 is 2.14 bits per heavy atom. The van der Waals surface area contributed by atoms with E-state index in [1.165, 1.54) is 0 Å². The average Bonchev–Trinajstić information content (AvgIpc) is 2.75. The molecule has 0 aromatic heterocycles. The zero-order valence-electron chi connectivity index (χ0n) is 16.9. The lowest BCUT2D eigenvalue weighted by Gasteiger charge is -2.36. The van der Waals surface area contributed by atoms with Crippen LogP contribution in [-0.4, -0.2) is 93.4 Å². The van der Waals surface area contributed by atoms with Crippen LogP contribution in [0.2, 0.25) is 0 Å². The fraction of sp³-hybridized carbons (Fsp3) is 0.650. The summed E-state index contributed by atoms with van der Waals surface area (Å²) in [5, 5.41) is 25.2. The molecular formula is C20H31N3O6. The predicted molar refractivity (Wildman–Crippen MR) is 108 cm³/mol. The van der Waals surface area contributed by atoms with E-state index < -0.39 is 6.10 Å². The minimum absolute atomic E-state index is 0.00552. The van der Waals surface area contributed by atoms with Crippen LogP contribution in [0.1, 0.15) is 16.8 Å². The predicted octanol–water partition coefficient (Wildman–Crippen LogP) is -0.0790. The van der Waals surface area contributed by atoms with E-state index in [4.69, 9.17) is 19.3 Å². The molecule has 0 aliphatic carbocycles. The number of fused-ring (bicyclic) bond motifs is 1. The number of nitrogens with one attached hydrogen (secondary N) is 2. The van der Waals surface area contributed by atoms with Crippen molar-refractivity contribution in [3.8, 4) is 11.5 Å². The summed E-state index contributed by atoms with van der Waals surface area (Å²) in [5.74, 6) is 0.779. The lowest BCUT2D eigenvalue weighted by Crippen LogP contribution is -2.48. The van der Waals surface area contributed by atoms with Crippen molar-refractivity contribution in [2.45, 2.75) is 12.5 Å². The molecule has 9 nitrogen and oxygen atoms in total. The smallest absolute Gasteiger partial charge is 0.255 e. The van der Waals surface area contributed by atoms with Crippen LogP contribution in [-0.2, 0) is 4.74 Å². The first-order chi connectivity index (χ1) is 14.1. The Kier molecular flexibility index (Phi) is 7.93. The molecular weight excluding hydrogens is 378 g/mol. The topological polar surface area (TPSA) is 113 Å². The molecule has 2 heterocycles. The molecule has 29 heavy (non-hydrogen) atoms. The Bertz CT molecular complexity index is 686. The number of carbonyl (C=O) groups excluding carboxylic acids is 1. The molecule has 2 atom stereocenters. The van der Waals surface area contributed by atoms with Gasteiger partial charge in [0.2, 0.25) is 0 Å². The van der Waals surface area contributed by atoms with Gasteiger partial charge in [0.05, 0.1) is 31.5 Å². The number of piperidine rings is 1. The number of carbonyl (C=O) groups is 1. The molecule has 0 bridgehead atoms. The highest BCUT2D eigenvalue weighted by molar-refractivity contribution is 5.99. The summed E-state index contributed by atoms with van der Waals surface area (Å²) in [6, 6.07) is 3.56. The highest BCUT2D eigenvalue weighted by atomic mass is 16.6. The first-order valence-corrected chi connectivity index (χ1v) is 10.1. The summed E-state index contributed by atoms with van der Waals surface area (Å²) in [4.78, 5) is 14.9. The van der Waals surface area contributed by atoms with E-state index >= 15 is 0 Å². The Hall–Kier alpha value is -2.07. The maximum atomic E-state index is 12.8. The second kappa shape index (κ2) is 10.6. The molecule has 0 radical (unpaired) electrons. The molecule has 1 unspecified atom stereocenters. The zero-order valence-corrected chi connectivity index (χ0v) is 16.9. The minimum Gasteiger partial charge on any atom is -0.486 e. The van der Waals surface area contributed by atoms with E-state index in [2.05, 4.69) is 15.5 Å². The second-order valence-corrected chi connectivity index (χ2v) is 7.26. The number of β-amino-alcohol motifs (C(OH)–C–C–N with tert-alkyl or cyclic N) is 1. The summed E-state index contributed by atoms with van der Waals surface area (Å²) >= 11 is 0. The van der Waals surface area contributed by atoms with Gasteiger partial charge in [0.15, 0.2) is 11.5 Å². The third kappa shape index (κ3) is 5.72. The number of ether oxygens (including phenoxy) is 3. The summed E-state index contributed by atoms with van der Waals surface area (Å²) in [7, 11) is 1.78.